The van der Waals surface area contributed by atoms with E-state index in [1.807, 2.05) is 0 Å². The summed E-state index contributed by atoms with van der Waals surface area (Å²) >= 11 is 0. The van der Waals surface area contributed by atoms with Crippen molar-refractivity contribution in [1.82, 2.24) is 9.13 Å². The maximum absolute atomic E-state index is 2.37. The van der Waals surface area contributed by atoms with E-state index in [9.17, 15) is 0 Å². The van der Waals surface area contributed by atoms with Crippen molar-refractivity contribution in [3.63, 3.8) is 0 Å². The fourth-order valence-electron chi connectivity index (χ4n) is 8.62. The van der Waals surface area contributed by atoms with Gasteiger partial charge in [-0.2, -0.15) is 0 Å². The molecule has 0 spiro atoms. The van der Waals surface area contributed by atoms with Crippen LogP contribution >= 0.6 is 0 Å². The second-order valence-electron chi connectivity index (χ2n) is 14.2. The topological polar surface area (TPSA) is 13.1 Å². The number of hydrogen-bond acceptors (Lipinski definition) is 1. The largest absolute Gasteiger partial charge is 0.311 e. The van der Waals surface area contributed by atoms with Gasteiger partial charge in [0.05, 0.1) is 22.1 Å². The summed E-state index contributed by atoms with van der Waals surface area (Å²) in [6.45, 7) is 0. The lowest BCUT2D eigenvalue weighted by atomic mass is 9.98. The molecule has 3 heteroatoms. The van der Waals surface area contributed by atoms with Gasteiger partial charge in [-0.25, -0.2) is 0 Å². The van der Waals surface area contributed by atoms with E-state index in [0.717, 1.165) is 28.4 Å². The molecule has 0 bridgehead atoms. The van der Waals surface area contributed by atoms with Crippen LogP contribution in [0.25, 0.3) is 76.9 Å². The molecule has 0 aliphatic rings. The normalized spacial score (nSPS) is 11.6. The van der Waals surface area contributed by atoms with E-state index < -0.39 is 0 Å². The molecule has 2 heterocycles. The molecule has 0 aliphatic carbocycles. The number of anilines is 3. The van der Waals surface area contributed by atoms with E-state index in [-0.39, 0.29) is 0 Å². The van der Waals surface area contributed by atoms with Gasteiger partial charge in [0.1, 0.15) is 0 Å². The number of aromatic nitrogens is 2. The van der Waals surface area contributed by atoms with Crippen molar-refractivity contribution >= 4 is 71.4 Å². The van der Waals surface area contributed by atoms with Gasteiger partial charge in [-0.05, 0) is 107 Å². The SMILES string of the molecule is c1ccc2c(-c3ccc(N(c4ccc(-n5c6ccccc6c6ccccc65)cc4)c4ccc(-n5c6ccccc6c6ccccc65)cc4)cc3)cccc2c1. The van der Waals surface area contributed by atoms with Crippen molar-refractivity contribution in [2.24, 2.45) is 0 Å². The van der Waals surface area contributed by atoms with Gasteiger partial charge in [0.15, 0.2) is 0 Å². The van der Waals surface area contributed by atoms with Crippen LogP contribution < -0.4 is 4.90 Å². The Kier molecular flexibility index (Phi) is 7.17. The Balaban J connectivity index is 1.04. The van der Waals surface area contributed by atoms with Crippen LogP contribution in [0.15, 0.2) is 212 Å². The Bertz CT molecular complexity index is 2920. The van der Waals surface area contributed by atoms with Crippen LogP contribution in [0.2, 0.25) is 0 Å². The molecule has 2 aromatic heterocycles. The first kappa shape index (κ1) is 31.2. The monoisotopic (exact) mass is 701 g/mol. The zero-order valence-corrected chi connectivity index (χ0v) is 30.0. The third kappa shape index (κ3) is 5.05. The summed E-state index contributed by atoms with van der Waals surface area (Å²) in [4.78, 5) is 2.36. The highest BCUT2D eigenvalue weighted by molar-refractivity contribution is 6.10. The molecule has 0 N–H and O–H groups in total. The quantitative estimate of drug-likeness (QED) is 0.168. The van der Waals surface area contributed by atoms with Crippen LogP contribution in [-0.2, 0) is 0 Å². The maximum Gasteiger partial charge on any atom is 0.0541 e. The summed E-state index contributed by atoms with van der Waals surface area (Å²) in [5.41, 5.74) is 12.8. The van der Waals surface area contributed by atoms with Gasteiger partial charge in [0, 0.05) is 50.0 Å². The lowest BCUT2D eigenvalue weighted by Crippen LogP contribution is -2.10. The van der Waals surface area contributed by atoms with Crippen molar-refractivity contribution in [2.45, 2.75) is 0 Å². The zero-order chi connectivity index (χ0) is 36.3. The third-order valence-electron chi connectivity index (χ3n) is 11.1. The van der Waals surface area contributed by atoms with Gasteiger partial charge in [-0.1, -0.05) is 127 Å². The molecule has 0 saturated carbocycles. The first-order chi connectivity index (χ1) is 27.3. The first-order valence-electron chi connectivity index (χ1n) is 18.9. The highest BCUT2D eigenvalue weighted by Crippen LogP contribution is 2.40. The summed E-state index contributed by atoms with van der Waals surface area (Å²) < 4.78 is 4.75. The molecule has 11 rings (SSSR count). The molecule has 0 aliphatic heterocycles. The van der Waals surface area contributed by atoms with E-state index in [4.69, 9.17) is 0 Å². The molecule has 3 nitrogen and oxygen atoms in total. The second kappa shape index (κ2) is 12.6. The highest BCUT2D eigenvalue weighted by Gasteiger charge is 2.17. The molecule has 0 fully saturated rings. The van der Waals surface area contributed by atoms with Gasteiger partial charge in [0.2, 0.25) is 0 Å². The van der Waals surface area contributed by atoms with E-state index in [1.165, 1.54) is 65.5 Å². The highest BCUT2D eigenvalue weighted by atomic mass is 15.1. The molecule has 9 aromatic carbocycles. The molecular weight excluding hydrogens is 667 g/mol. The molecule has 0 saturated heterocycles. The number of para-hydroxylation sites is 4. The summed E-state index contributed by atoms with van der Waals surface area (Å²) in [6, 6.07) is 76.9. The standard InChI is InChI=1S/C52H35N3/c1-2-14-43-36(12-1)13-11-19-44(43)37-24-26-38(27-25-37)53(39-28-32-41(33-29-39)54-49-20-7-3-15-45(49)46-16-4-8-21-50(46)54)40-30-34-42(35-31-40)55-51-22-9-5-17-47(51)48-18-6-10-23-52(48)55/h1-35H. The van der Waals surface area contributed by atoms with Crippen LogP contribution in [0, 0.1) is 0 Å². The molecular formula is C52H35N3. The Labute approximate surface area is 319 Å². The molecule has 55 heavy (non-hydrogen) atoms. The third-order valence-corrected chi connectivity index (χ3v) is 11.1. The van der Waals surface area contributed by atoms with Crippen molar-refractivity contribution in [3.05, 3.63) is 212 Å². The van der Waals surface area contributed by atoms with Crippen LogP contribution in [0.4, 0.5) is 17.1 Å². The minimum absolute atomic E-state index is 1.09. The summed E-state index contributed by atoms with van der Waals surface area (Å²) in [7, 11) is 0. The van der Waals surface area contributed by atoms with Crippen molar-refractivity contribution < 1.29 is 0 Å². The van der Waals surface area contributed by atoms with E-state index in [0.29, 0.717) is 0 Å². The van der Waals surface area contributed by atoms with Crippen molar-refractivity contribution in [3.8, 4) is 22.5 Å². The number of nitrogens with zero attached hydrogens (tertiary/aromatic N) is 3. The lowest BCUT2D eigenvalue weighted by Gasteiger charge is -2.26. The van der Waals surface area contributed by atoms with Crippen LogP contribution in [0.3, 0.4) is 0 Å². The van der Waals surface area contributed by atoms with E-state index in [2.05, 4.69) is 226 Å². The first-order valence-corrected chi connectivity index (χ1v) is 18.9. The predicted molar refractivity (Wildman–Crippen MR) is 233 cm³/mol. The van der Waals surface area contributed by atoms with Crippen LogP contribution in [0.5, 0.6) is 0 Å². The fraction of sp³-hybridized carbons (Fsp3) is 0. The molecule has 258 valence electrons. The predicted octanol–water partition coefficient (Wildman–Crippen LogP) is 14.2. The molecule has 0 atom stereocenters. The van der Waals surface area contributed by atoms with Gasteiger partial charge < -0.3 is 14.0 Å². The van der Waals surface area contributed by atoms with Gasteiger partial charge in [-0.15, -0.1) is 0 Å². The number of rotatable bonds is 6. The van der Waals surface area contributed by atoms with Gasteiger partial charge >= 0.3 is 0 Å². The minimum Gasteiger partial charge on any atom is -0.311 e. The summed E-state index contributed by atoms with van der Waals surface area (Å²) in [5, 5.41) is 7.56. The molecule has 0 amide bonds. The van der Waals surface area contributed by atoms with Gasteiger partial charge in [0.25, 0.3) is 0 Å². The Morgan fingerprint density at radius 2 is 0.618 bits per heavy atom. The molecule has 11 aromatic rings. The number of fused-ring (bicyclic) bond motifs is 7. The minimum atomic E-state index is 1.09. The number of hydrogen-bond donors (Lipinski definition) is 0. The summed E-state index contributed by atoms with van der Waals surface area (Å²) in [5.74, 6) is 0. The average Bonchev–Trinajstić information content (AvgIpc) is 3.78. The van der Waals surface area contributed by atoms with E-state index in [1.54, 1.807) is 0 Å². The lowest BCUT2D eigenvalue weighted by molar-refractivity contribution is 1.17. The Hall–Kier alpha value is -7.36. The average molecular weight is 702 g/mol. The second-order valence-corrected chi connectivity index (χ2v) is 14.2. The maximum atomic E-state index is 2.37. The number of benzene rings is 9. The molecule has 0 unspecified atom stereocenters. The van der Waals surface area contributed by atoms with Crippen molar-refractivity contribution in [1.29, 1.82) is 0 Å². The fourth-order valence-corrected chi connectivity index (χ4v) is 8.62. The van der Waals surface area contributed by atoms with Crippen LogP contribution in [0.1, 0.15) is 0 Å². The van der Waals surface area contributed by atoms with E-state index >= 15 is 0 Å². The zero-order valence-electron chi connectivity index (χ0n) is 30.0. The summed E-state index contributed by atoms with van der Waals surface area (Å²) in [6.07, 6.45) is 0. The van der Waals surface area contributed by atoms with Crippen molar-refractivity contribution in [2.75, 3.05) is 4.90 Å². The molecule has 0 radical (unpaired) electrons. The smallest absolute Gasteiger partial charge is 0.0541 e. The Morgan fingerprint density at radius 1 is 0.273 bits per heavy atom. The van der Waals surface area contributed by atoms with Gasteiger partial charge in [-0.3, -0.25) is 0 Å². The van der Waals surface area contributed by atoms with Crippen LogP contribution in [-0.4, -0.2) is 9.13 Å². The Morgan fingerprint density at radius 3 is 1.05 bits per heavy atom.